The first-order valence-electron chi connectivity index (χ1n) is 8.48. The van der Waals surface area contributed by atoms with Gasteiger partial charge in [-0.25, -0.2) is 0 Å². The van der Waals surface area contributed by atoms with Crippen LogP contribution in [0.3, 0.4) is 0 Å². The highest BCUT2D eigenvalue weighted by molar-refractivity contribution is 7.80. The van der Waals surface area contributed by atoms with Gasteiger partial charge >= 0.3 is 0 Å². The van der Waals surface area contributed by atoms with Crippen molar-refractivity contribution < 1.29 is 19.1 Å². The van der Waals surface area contributed by atoms with Gasteiger partial charge in [-0.1, -0.05) is 12.1 Å². The van der Waals surface area contributed by atoms with Crippen molar-refractivity contribution >= 4 is 46.8 Å². The zero-order chi connectivity index (χ0) is 21.2. The van der Waals surface area contributed by atoms with Gasteiger partial charge in [0.15, 0.2) is 5.11 Å². The summed E-state index contributed by atoms with van der Waals surface area (Å²) in [5, 5.41) is 4.97. The lowest BCUT2D eigenvalue weighted by molar-refractivity contribution is -0.115. The minimum Gasteiger partial charge on any atom is -0.497 e. The van der Waals surface area contributed by atoms with E-state index in [-0.39, 0.29) is 11.0 Å². The van der Waals surface area contributed by atoms with Crippen LogP contribution in [0.15, 0.2) is 54.6 Å². The Bertz CT molecular complexity index is 925. The Morgan fingerprint density at radius 3 is 2.21 bits per heavy atom. The third-order valence-corrected chi connectivity index (χ3v) is 3.74. The molecule has 0 unspecified atom stereocenters. The van der Waals surface area contributed by atoms with Crippen LogP contribution in [0.1, 0.15) is 22.8 Å². The Hall–Kier alpha value is -3.72. The lowest BCUT2D eigenvalue weighted by Crippen LogP contribution is -2.48. The second-order valence-electron chi connectivity index (χ2n) is 5.76. The van der Waals surface area contributed by atoms with Gasteiger partial charge in [0.25, 0.3) is 5.91 Å². The molecule has 0 radical (unpaired) electrons. The summed E-state index contributed by atoms with van der Waals surface area (Å²) in [5.41, 5.74) is 6.57. The fourth-order valence-electron chi connectivity index (χ4n) is 2.17. The van der Waals surface area contributed by atoms with Crippen LogP contribution in [0.25, 0.3) is 6.08 Å². The minimum atomic E-state index is -0.454. The summed E-state index contributed by atoms with van der Waals surface area (Å²) in [6, 6.07) is 13.4. The molecule has 4 N–H and O–H groups in total. The molecule has 0 aliphatic rings. The van der Waals surface area contributed by atoms with E-state index in [4.69, 9.17) is 17.0 Å². The van der Waals surface area contributed by atoms with Gasteiger partial charge in [-0.2, -0.15) is 0 Å². The molecule has 0 aliphatic heterocycles. The average Bonchev–Trinajstić information content (AvgIpc) is 2.71. The van der Waals surface area contributed by atoms with Crippen LogP contribution in [0.2, 0.25) is 0 Å². The molecule has 9 heteroatoms. The van der Waals surface area contributed by atoms with E-state index in [1.165, 1.54) is 13.0 Å². The molecule has 0 spiro atoms. The zero-order valence-corrected chi connectivity index (χ0v) is 16.6. The van der Waals surface area contributed by atoms with E-state index in [1.807, 2.05) is 0 Å². The second-order valence-corrected chi connectivity index (χ2v) is 6.17. The molecule has 2 rings (SSSR count). The quantitative estimate of drug-likeness (QED) is 0.340. The molecule has 0 heterocycles. The molecular weight excluding hydrogens is 392 g/mol. The monoisotopic (exact) mass is 412 g/mol. The summed E-state index contributed by atoms with van der Waals surface area (Å²) in [6.07, 6.45) is 2.94. The average molecular weight is 412 g/mol. The van der Waals surface area contributed by atoms with Crippen molar-refractivity contribution in [1.82, 2.24) is 16.2 Å². The van der Waals surface area contributed by atoms with Gasteiger partial charge < -0.3 is 10.1 Å². The molecule has 29 heavy (non-hydrogen) atoms. The van der Waals surface area contributed by atoms with Crippen molar-refractivity contribution in [3.8, 4) is 5.75 Å². The first-order chi connectivity index (χ1) is 13.9. The number of amides is 3. The highest BCUT2D eigenvalue weighted by Crippen LogP contribution is 2.12. The number of hydrazine groups is 1. The van der Waals surface area contributed by atoms with Gasteiger partial charge in [0.2, 0.25) is 11.8 Å². The van der Waals surface area contributed by atoms with Crippen molar-refractivity contribution in [2.24, 2.45) is 0 Å². The summed E-state index contributed by atoms with van der Waals surface area (Å²) in [6.45, 7) is 1.39. The molecule has 2 aromatic carbocycles. The maximum absolute atomic E-state index is 12.1. The standard InChI is InChI=1S/C20H20N4O4S/c1-13(25)21-16-8-6-15(7-9-16)19(27)23-24-20(29)22-18(26)12-5-14-3-10-17(28-2)11-4-14/h3-12H,1-2H3,(H,21,25)(H,23,27)(H2,22,24,26,29). The van der Waals surface area contributed by atoms with Crippen LogP contribution in [0, 0.1) is 0 Å². The molecule has 2 aromatic rings. The summed E-state index contributed by atoms with van der Waals surface area (Å²) in [7, 11) is 1.58. The molecule has 0 bridgehead atoms. The number of methoxy groups -OCH3 is 1. The predicted octanol–water partition coefficient (Wildman–Crippen LogP) is 2.00. The molecule has 8 nitrogen and oxygen atoms in total. The lowest BCUT2D eigenvalue weighted by atomic mass is 10.2. The van der Waals surface area contributed by atoms with Crippen molar-refractivity contribution in [2.45, 2.75) is 6.92 Å². The van der Waals surface area contributed by atoms with E-state index in [0.717, 1.165) is 11.3 Å². The van der Waals surface area contributed by atoms with Crippen molar-refractivity contribution in [3.05, 3.63) is 65.7 Å². The highest BCUT2D eigenvalue weighted by atomic mass is 32.1. The number of thiocarbonyl (C=S) groups is 1. The van der Waals surface area contributed by atoms with Crippen molar-refractivity contribution in [2.75, 3.05) is 12.4 Å². The van der Waals surface area contributed by atoms with Crippen LogP contribution in [0.5, 0.6) is 5.75 Å². The smallest absolute Gasteiger partial charge is 0.269 e. The number of ether oxygens (including phenoxy) is 1. The largest absolute Gasteiger partial charge is 0.497 e. The number of nitrogens with one attached hydrogen (secondary N) is 4. The summed E-state index contributed by atoms with van der Waals surface area (Å²) >= 11 is 4.97. The number of anilines is 1. The maximum atomic E-state index is 12.1. The number of carbonyl (C=O) groups is 3. The third-order valence-electron chi connectivity index (χ3n) is 3.54. The van der Waals surface area contributed by atoms with Crippen LogP contribution in [-0.4, -0.2) is 29.9 Å². The van der Waals surface area contributed by atoms with Gasteiger partial charge in [-0.15, -0.1) is 0 Å². The van der Waals surface area contributed by atoms with Gasteiger partial charge in [-0.05, 0) is 60.3 Å². The van der Waals surface area contributed by atoms with Gasteiger partial charge in [-0.3, -0.25) is 30.6 Å². The summed E-state index contributed by atoms with van der Waals surface area (Å²) in [5.74, 6) is -0.388. The Morgan fingerprint density at radius 1 is 0.966 bits per heavy atom. The number of hydrogen-bond donors (Lipinski definition) is 4. The van der Waals surface area contributed by atoms with Crippen LogP contribution in [-0.2, 0) is 9.59 Å². The number of rotatable bonds is 5. The molecule has 0 saturated carbocycles. The Morgan fingerprint density at radius 2 is 1.62 bits per heavy atom. The molecular formula is C20H20N4O4S. The predicted molar refractivity (Wildman–Crippen MR) is 114 cm³/mol. The Kier molecular flexibility index (Phi) is 7.87. The zero-order valence-electron chi connectivity index (χ0n) is 15.8. The second kappa shape index (κ2) is 10.6. The molecule has 3 amide bonds. The maximum Gasteiger partial charge on any atom is 0.269 e. The molecule has 0 aliphatic carbocycles. The molecule has 0 atom stereocenters. The Labute approximate surface area is 173 Å². The van der Waals surface area contributed by atoms with Gasteiger partial charge in [0, 0.05) is 24.3 Å². The molecule has 0 saturated heterocycles. The number of benzene rings is 2. The summed E-state index contributed by atoms with van der Waals surface area (Å²) in [4.78, 5) is 35.0. The lowest BCUT2D eigenvalue weighted by Gasteiger charge is -2.10. The van der Waals surface area contributed by atoms with E-state index in [2.05, 4.69) is 21.5 Å². The number of carbonyl (C=O) groups excluding carboxylic acids is 3. The first kappa shape index (κ1) is 21.6. The molecule has 0 fully saturated rings. The van der Waals surface area contributed by atoms with Gasteiger partial charge in [0.1, 0.15) is 5.75 Å². The van der Waals surface area contributed by atoms with E-state index < -0.39 is 11.8 Å². The minimum absolute atomic E-state index is 0.0578. The van der Waals surface area contributed by atoms with E-state index >= 15 is 0 Å². The third kappa shape index (κ3) is 7.43. The fourth-order valence-corrected chi connectivity index (χ4v) is 2.32. The van der Waals surface area contributed by atoms with Gasteiger partial charge in [0.05, 0.1) is 7.11 Å². The van der Waals surface area contributed by atoms with Crippen molar-refractivity contribution in [1.29, 1.82) is 0 Å². The first-order valence-corrected chi connectivity index (χ1v) is 8.89. The van der Waals surface area contributed by atoms with Crippen LogP contribution >= 0.6 is 12.2 Å². The summed E-state index contributed by atoms with van der Waals surface area (Å²) < 4.78 is 5.07. The van der Waals surface area contributed by atoms with Crippen LogP contribution in [0.4, 0.5) is 5.69 Å². The van der Waals surface area contributed by atoms with E-state index in [1.54, 1.807) is 61.7 Å². The molecule has 150 valence electrons. The van der Waals surface area contributed by atoms with Crippen LogP contribution < -0.4 is 26.2 Å². The highest BCUT2D eigenvalue weighted by Gasteiger charge is 2.07. The van der Waals surface area contributed by atoms with E-state index in [9.17, 15) is 14.4 Å². The van der Waals surface area contributed by atoms with Crippen molar-refractivity contribution in [3.63, 3.8) is 0 Å². The topological polar surface area (TPSA) is 109 Å². The normalized spacial score (nSPS) is 10.1. The van der Waals surface area contributed by atoms with E-state index in [0.29, 0.717) is 11.3 Å². The number of hydrogen-bond acceptors (Lipinski definition) is 5. The molecule has 0 aromatic heterocycles. The Balaban J connectivity index is 1.79. The SMILES string of the molecule is COc1ccc(C=CC(=O)NC(=S)NNC(=O)c2ccc(NC(C)=O)cc2)cc1. The fraction of sp³-hybridized carbons (Fsp3) is 0.100.